The van der Waals surface area contributed by atoms with Crippen molar-refractivity contribution in [1.82, 2.24) is 0 Å². The van der Waals surface area contributed by atoms with E-state index >= 15 is 0 Å². The highest BCUT2D eigenvalue weighted by molar-refractivity contribution is 7.26. The third-order valence-electron chi connectivity index (χ3n) is 14.4. The highest BCUT2D eigenvalue weighted by atomic mass is 32.1. The van der Waals surface area contributed by atoms with Gasteiger partial charge in [0, 0.05) is 37.6 Å². The van der Waals surface area contributed by atoms with Gasteiger partial charge in [0.25, 0.3) is 0 Å². The van der Waals surface area contributed by atoms with Gasteiger partial charge in [0.2, 0.25) is 0 Å². The maximum absolute atomic E-state index is 2.58. The molecule has 1 unspecified atom stereocenters. The Morgan fingerprint density at radius 3 is 1.84 bits per heavy atom. The van der Waals surface area contributed by atoms with Crippen LogP contribution in [0, 0.1) is 0 Å². The number of fused-ring (bicyclic) bond motifs is 9. The fraction of sp³-hybridized carbons (Fsp3) is 0.213. The van der Waals surface area contributed by atoms with E-state index in [0.717, 1.165) is 5.69 Å². The van der Waals surface area contributed by atoms with Gasteiger partial charge >= 0.3 is 0 Å². The van der Waals surface area contributed by atoms with Crippen molar-refractivity contribution in [2.24, 2.45) is 0 Å². The number of thiophene rings is 1. The van der Waals surface area contributed by atoms with Crippen molar-refractivity contribution in [3.05, 3.63) is 209 Å². The van der Waals surface area contributed by atoms with Gasteiger partial charge < -0.3 is 4.90 Å². The first-order chi connectivity index (χ1) is 30.2. The van der Waals surface area contributed by atoms with Crippen molar-refractivity contribution in [2.45, 2.75) is 84.0 Å². The van der Waals surface area contributed by atoms with Crippen LogP contribution in [0.5, 0.6) is 0 Å². The third kappa shape index (κ3) is 5.87. The fourth-order valence-electron chi connectivity index (χ4n) is 11.1. The van der Waals surface area contributed by atoms with Gasteiger partial charge in [0.1, 0.15) is 0 Å². The van der Waals surface area contributed by atoms with E-state index in [0.29, 0.717) is 0 Å². The van der Waals surface area contributed by atoms with E-state index in [2.05, 4.69) is 237 Å². The van der Waals surface area contributed by atoms with E-state index in [4.69, 9.17) is 0 Å². The molecule has 8 aromatic carbocycles. The second-order valence-corrected chi connectivity index (χ2v) is 21.7. The Bertz CT molecular complexity index is 3290. The van der Waals surface area contributed by atoms with Crippen LogP contribution in [0.3, 0.4) is 0 Å². The molecule has 0 saturated heterocycles. The van der Waals surface area contributed by atoms with Crippen LogP contribution in [0.15, 0.2) is 170 Å². The van der Waals surface area contributed by atoms with Gasteiger partial charge in [-0.25, -0.2) is 0 Å². The van der Waals surface area contributed by atoms with Crippen molar-refractivity contribution in [3.8, 4) is 33.4 Å². The standard InChI is InChI=1S/C61H55NS/c1-58(2,3)39-35-50(59(4,5)6)56-51(36-39)60(7,8)48-29-19-26-45(55(48)56)43-24-14-17-30-52(43)62(53-31-20-27-46-44-25-15-18-32-54(44)63-57(46)53)40-33-34-42-41-23-13-16-28-47(41)61(9,49(42)37-40)38-21-11-10-12-22-38/h10-37H,1-9H3. The van der Waals surface area contributed by atoms with Crippen molar-refractivity contribution >= 4 is 48.6 Å². The Balaban J connectivity index is 1.21. The molecule has 63 heavy (non-hydrogen) atoms. The number of hydrogen-bond donors (Lipinski definition) is 0. The SMILES string of the molecule is CC(C)(C)c1cc(C(C)(C)C)c2c(c1)C(C)(C)c1cccc(-c3ccccc3N(c3ccc4c(c3)C(C)(c3ccccc3)c3ccccc3-4)c3cccc4c3sc3ccccc34)c1-2. The lowest BCUT2D eigenvalue weighted by atomic mass is 9.74. The number of para-hydroxylation sites is 1. The molecule has 1 aromatic heterocycles. The molecule has 0 aliphatic heterocycles. The average Bonchev–Trinajstić information content (AvgIpc) is 3.87. The zero-order valence-corrected chi connectivity index (χ0v) is 38.8. The van der Waals surface area contributed by atoms with E-state index in [1.54, 1.807) is 0 Å². The summed E-state index contributed by atoms with van der Waals surface area (Å²) in [6.07, 6.45) is 0. The quantitative estimate of drug-likeness (QED) is 0.167. The molecule has 1 nitrogen and oxygen atoms in total. The molecule has 2 aliphatic rings. The maximum atomic E-state index is 2.58. The minimum atomic E-state index is -0.331. The molecule has 0 saturated carbocycles. The number of anilines is 3. The predicted molar refractivity (Wildman–Crippen MR) is 272 cm³/mol. The van der Waals surface area contributed by atoms with Gasteiger partial charge in [-0.3, -0.25) is 0 Å². The largest absolute Gasteiger partial charge is 0.308 e. The van der Waals surface area contributed by atoms with Crippen LogP contribution in [0.1, 0.15) is 101 Å². The van der Waals surface area contributed by atoms with Crippen molar-refractivity contribution in [3.63, 3.8) is 0 Å². The summed E-state index contributed by atoms with van der Waals surface area (Å²) < 4.78 is 2.59. The van der Waals surface area contributed by atoms with Crippen LogP contribution in [0.25, 0.3) is 53.6 Å². The first-order valence-electron chi connectivity index (χ1n) is 22.6. The second kappa shape index (κ2) is 13.9. The molecule has 2 heteroatoms. The number of hydrogen-bond acceptors (Lipinski definition) is 2. The summed E-state index contributed by atoms with van der Waals surface area (Å²) in [5, 5.41) is 2.59. The normalized spacial score (nSPS) is 16.2. The Labute approximate surface area is 377 Å². The maximum Gasteiger partial charge on any atom is 0.0640 e. The first-order valence-corrected chi connectivity index (χ1v) is 23.4. The Hall–Kier alpha value is -6.22. The summed E-state index contributed by atoms with van der Waals surface area (Å²) in [5.41, 5.74) is 20.5. The van der Waals surface area contributed by atoms with Gasteiger partial charge in [-0.2, -0.15) is 0 Å². The minimum Gasteiger partial charge on any atom is -0.308 e. The van der Waals surface area contributed by atoms with E-state index in [1.165, 1.54) is 104 Å². The van der Waals surface area contributed by atoms with Gasteiger partial charge in [-0.1, -0.05) is 195 Å². The van der Waals surface area contributed by atoms with E-state index < -0.39 is 0 Å². The number of rotatable bonds is 5. The summed E-state index contributed by atoms with van der Waals surface area (Å²) in [6.45, 7) is 21.5. The highest BCUT2D eigenvalue weighted by Crippen LogP contribution is 2.59. The molecular weight excluding hydrogens is 779 g/mol. The topological polar surface area (TPSA) is 3.24 Å². The molecule has 0 spiro atoms. The molecule has 0 amide bonds. The lowest BCUT2D eigenvalue weighted by molar-refractivity contribution is 0.564. The molecule has 0 bridgehead atoms. The van der Waals surface area contributed by atoms with Crippen molar-refractivity contribution in [2.75, 3.05) is 4.90 Å². The van der Waals surface area contributed by atoms with Gasteiger partial charge in [-0.05, 0) is 115 Å². The second-order valence-electron chi connectivity index (χ2n) is 20.7. The zero-order valence-electron chi connectivity index (χ0n) is 38.0. The van der Waals surface area contributed by atoms with Gasteiger partial charge in [0.05, 0.1) is 16.1 Å². The monoisotopic (exact) mass is 833 g/mol. The van der Waals surface area contributed by atoms with Gasteiger partial charge in [-0.15, -0.1) is 11.3 Å². The third-order valence-corrected chi connectivity index (χ3v) is 15.6. The molecule has 0 N–H and O–H groups in total. The smallest absolute Gasteiger partial charge is 0.0640 e. The summed E-state index contributed by atoms with van der Waals surface area (Å²) in [4.78, 5) is 2.58. The Morgan fingerprint density at radius 1 is 0.444 bits per heavy atom. The lowest BCUT2D eigenvalue weighted by Gasteiger charge is -2.32. The van der Waals surface area contributed by atoms with Crippen LogP contribution >= 0.6 is 11.3 Å². The minimum absolute atomic E-state index is 0.0250. The van der Waals surface area contributed by atoms with Crippen LogP contribution in [-0.2, 0) is 21.7 Å². The fourth-order valence-corrected chi connectivity index (χ4v) is 12.3. The lowest BCUT2D eigenvalue weighted by Crippen LogP contribution is -2.23. The molecule has 0 fully saturated rings. The molecule has 1 heterocycles. The number of nitrogens with zero attached hydrogens (tertiary/aromatic N) is 1. The van der Waals surface area contributed by atoms with Crippen LogP contribution in [0.4, 0.5) is 17.1 Å². The van der Waals surface area contributed by atoms with Crippen molar-refractivity contribution in [1.29, 1.82) is 0 Å². The zero-order chi connectivity index (χ0) is 43.6. The van der Waals surface area contributed by atoms with Crippen LogP contribution < -0.4 is 4.90 Å². The summed E-state index contributed by atoms with van der Waals surface area (Å²) in [7, 11) is 0. The molecule has 1 atom stereocenters. The highest BCUT2D eigenvalue weighted by Gasteiger charge is 2.43. The Kier molecular flexibility index (Phi) is 8.73. The molecular formula is C61H55NS. The molecule has 2 aliphatic carbocycles. The molecule has 9 aromatic rings. The Morgan fingerprint density at radius 2 is 1.06 bits per heavy atom. The van der Waals surface area contributed by atoms with Crippen LogP contribution in [0.2, 0.25) is 0 Å². The summed E-state index contributed by atoms with van der Waals surface area (Å²) >= 11 is 1.90. The molecule has 0 radical (unpaired) electrons. The summed E-state index contributed by atoms with van der Waals surface area (Å²) in [5.74, 6) is 0. The van der Waals surface area contributed by atoms with Crippen LogP contribution in [-0.4, -0.2) is 0 Å². The predicted octanol–water partition coefficient (Wildman–Crippen LogP) is 17.4. The van der Waals surface area contributed by atoms with E-state index in [1.807, 2.05) is 11.3 Å². The van der Waals surface area contributed by atoms with E-state index in [-0.39, 0.29) is 21.7 Å². The molecule has 11 rings (SSSR count). The first kappa shape index (κ1) is 39.6. The van der Waals surface area contributed by atoms with Crippen molar-refractivity contribution < 1.29 is 0 Å². The average molecular weight is 834 g/mol. The van der Waals surface area contributed by atoms with Gasteiger partial charge in [0.15, 0.2) is 0 Å². The molecule has 310 valence electrons. The van der Waals surface area contributed by atoms with E-state index in [9.17, 15) is 0 Å². The summed E-state index contributed by atoms with van der Waals surface area (Å²) in [6, 6.07) is 64.5. The number of benzene rings is 8.